The van der Waals surface area contributed by atoms with Crippen LogP contribution in [0, 0.1) is 0 Å². The molecular formula is C12H19NO. The average molecular weight is 193 g/mol. The van der Waals surface area contributed by atoms with Crippen LogP contribution < -0.4 is 5.73 Å². The van der Waals surface area contributed by atoms with Crippen molar-refractivity contribution in [2.24, 2.45) is 0 Å². The number of hydrogen-bond acceptors (Lipinski definition) is 2. The number of anilines is 1. The molecule has 2 nitrogen and oxygen atoms in total. The summed E-state index contributed by atoms with van der Waals surface area (Å²) in [5.41, 5.74) is 7.45. The van der Waals surface area contributed by atoms with Crippen LogP contribution in [-0.4, -0.2) is 5.78 Å². The van der Waals surface area contributed by atoms with Crippen LogP contribution in [0.5, 0.6) is 0 Å². The summed E-state index contributed by atoms with van der Waals surface area (Å²) in [6, 6.07) is 7.63. The summed E-state index contributed by atoms with van der Waals surface area (Å²) in [6.45, 7) is 5.61. The second kappa shape index (κ2) is 7.13. The third-order valence-corrected chi connectivity index (χ3v) is 1.75. The van der Waals surface area contributed by atoms with Gasteiger partial charge in [0.05, 0.1) is 0 Å². The molecule has 0 unspecified atom stereocenters. The summed E-state index contributed by atoms with van der Waals surface area (Å²) in [5.74, 6) is 0.229. The molecule has 1 rings (SSSR count). The Labute approximate surface area is 86.1 Å². The molecule has 0 bridgehead atoms. The maximum atomic E-state index is 10.7. The molecule has 0 aromatic heterocycles. The minimum Gasteiger partial charge on any atom is -0.399 e. The lowest BCUT2D eigenvalue weighted by atomic mass is 10.1. The van der Waals surface area contributed by atoms with Gasteiger partial charge in [-0.3, -0.25) is 0 Å². The lowest BCUT2D eigenvalue weighted by Crippen LogP contribution is -1.94. The second-order valence-electron chi connectivity index (χ2n) is 2.94. The monoisotopic (exact) mass is 193 g/mol. The van der Waals surface area contributed by atoms with Gasteiger partial charge in [0, 0.05) is 12.1 Å². The summed E-state index contributed by atoms with van der Waals surface area (Å²) in [5, 5.41) is 0. The maximum Gasteiger partial charge on any atom is 0.130 e. The summed E-state index contributed by atoms with van der Waals surface area (Å²) >= 11 is 0. The fourth-order valence-electron chi connectivity index (χ4n) is 1.00. The number of Topliss-reactive ketones (excluding diaryl/α,β-unsaturated/α-hetero) is 1. The number of carbonyl (C=O) groups excluding carboxylic acids is 1. The molecule has 0 saturated heterocycles. The first-order valence-electron chi connectivity index (χ1n) is 5.02. The molecule has 78 valence electrons. The molecule has 0 radical (unpaired) electrons. The summed E-state index contributed by atoms with van der Waals surface area (Å²) in [4.78, 5) is 10.7. The molecule has 0 aliphatic rings. The van der Waals surface area contributed by atoms with E-state index in [0.29, 0.717) is 6.42 Å². The van der Waals surface area contributed by atoms with E-state index in [1.807, 2.05) is 38.1 Å². The Morgan fingerprint density at radius 2 is 1.71 bits per heavy atom. The van der Waals surface area contributed by atoms with Gasteiger partial charge in [-0.25, -0.2) is 0 Å². The van der Waals surface area contributed by atoms with E-state index in [1.54, 1.807) is 6.92 Å². The normalized spacial score (nSPS) is 8.79. The molecule has 0 aliphatic carbocycles. The molecule has 0 fully saturated rings. The highest BCUT2D eigenvalue weighted by atomic mass is 16.1. The van der Waals surface area contributed by atoms with E-state index in [1.165, 1.54) is 5.56 Å². The lowest BCUT2D eigenvalue weighted by Gasteiger charge is -1.98. The number of rotatable bonds is 3. The number of benzene rings is 1. The van der Waals surface area contributed by atoms with Crippen LogP contribution in [0.4, 0.5) is 5.69 Å². The first kappa shape index (κ1) is 12.7. The zero-order valence-electron chi connectivity index (χ0n) is 9.21. The Balaban J connectivity index is 0.000000791. The van der Waals surface area contributed by atoms with Crippen LogP contribution in [0.15, 0.2) is 24.3 Å². The summed E-state index contributed by atoms with van der Waals surface area (Å²) < 4.78 is 0. The Kier molecular flexibility index (Phi) is 6.46. The predicted octanol–water partition coefficient (Wildman–Crippen LogP) is 2.82. The number of nitrogen functional groups attached to an aromatic ring is 1. The van der Waals surface area contributed by atoms with Gasteiger partial charge in [-0.05, 0) is 31.0 Å². The highest BCUT2D eigenvalue weighted by Gasteiger charge is 1.95. The number of hydrogen-bond donors (Lipinski definition) is 1. The van der Waals surface area contributed by atoms with Gasteiger partial charge in [-0.1, -0.05) is 26.0 Å². The fraction of sp³-hybridized carbons (Fsp3) is 0.417. The SMILES string of the molecule is CC.CC(=O)CCc1ccc(N)cc1. The van der Waals surface area contributed by atoms with Crippen LogP contribution >= 0.6 is 0 Å². The zero-order valence-corrected chi connectivity index (χ0v) is 9.21. The quantitative estimate of drug-likeness (QED) is 0.750. The molecule has 1 aromatic rings. The number of carbonyl (C=O) groups is 1. The molecule has 0 amide bonds. The van der Waals surface area contributed by atoms with Gasteiger partial charge in [-0.2, -0.15) is 0 Å². The lowest BCUT2D eigenvalue weighted by molar-refractivity contribution is -0.116. The van der Waals surface area contributed by atoms with Crippen LogP contribution in [0.2, 0.25) is 0 Å². The van der Waals surface area contributed by atoms with Crippen LogP contribution in [0.1, 0.15) is 32.8 Å². The van der Waals surface area contributed by atoms with E-state index in [-0.39, 0.29) is 5.78 Å². The Morgan fingerprint density at radius 1 is 1.21 bits per heavy atom. The van der Waals surface area contributed by atoms with E-state index < -0.39 is 0 Å². The van der Waals surface area contributed by atoms with Crippen molar-refractivity contribution in [3.05, 3.63) is 29.8 Å². The van der Waals surface area contributed by atoms with Crippen LogP contribution in [-0.2, 0) is 11.2 Å². The van der Waals surface area contributed by atoms with Gasteiger partial charge in [0.15, 0.2) is 0 Å². The molecule has 0 spiro atoms. The molecule has 0 atom stereocenters. The van der Waals surface area contributed by atoms with E-state index in [0.717, 1.165) is 12.1 Å². The molecule has 2 heteroatoms. The van der Waals surface area contributed by atoms with Gasteiger partial charge < -0.3 is 10.5 Å². The minimum absolute atomic E-state index is 0.229. The van der Waals surface area contributed by atoms with Crippen molar-refractivity contribution in [3.8, 4) is 0 Å². The molecule has 2 N–H and O–H groups in total. The van der Waals surface area contributed by atoms with E-state index in [2.05, 4.69) is 0 Å². The third-order valence-electron chi connectivity index (χ3n) is 1.75. The number of nitrogens with two attached hydrogens (primary N) is 1. The molecule has 14 heavy (non-hydrogen) atoms. The van der Waals surface area contributed by atoms with Crippen molar-refractivity contribution in [2.45, 2.75) is 33.6 Å². The van der Waals surface area contributed by atoms with Crippen LogP contribution in [0.25, 0.3) is 0 Å². The van der Waals surface area contributed by atoms with Gasteiger partial charge in [-0.15, -0.1) is 0 Å². The topological polar surface area (TPSA) is 43.1 Å². The van der Waals surface area contributed by atoms with Gasteiger partial charge >= 0.3 is 0 Å². The van der Waals surface area contributed by atoms with Crippen molar-refractivity contribution in [2.75, 3.05) is 5.73 Å². The van der Waals surface area contributed by atoms with E-state index in [4.69, 9.17) is 5.73 Å². The van der Waals surface area contributed by atoms with Gasteiger partial charge in [0.25, 0.3) is 0 Å². The number of aryl methyl sites for hydroxylation is 1. The highest BCUT2D eigenvalue weighted by Crippen LogP contribution is 2.07. The van der Waals surface area contributed by atoms with Crippen molar-refractivity contribution < 1.29 is 4.79 Å². The smallest absolute Gasteiger partial charge is 0.130 e. The molecule has 0 aliphatic heterocycles. The molecule has 1 aromatic carbocycles. The standard InChI is InChI=1S/C10H13NO.C2H6/c1-8(12)2-3-9-4-6-10(11)7-5-9;1-2/h4-7H,2-3,11H2,1H3;1-2H3. The summed E-state index contributed by atoms with van der Waals surface area (Å²) in [6.07, 6.45) is 1.43. The third kappa shape index (κ3) is 5.36. The molecule has 0 saturated carbocycles. The molecular weight excluding hydrogens is 174 g/mol. The predicted molar refractivity (Wildman–Crippen MR) is 61.2 cm³/mol. The van der Waals surface area contributed by atoms with Gasteiger partial charge in [0.1, 0.15) is 5.78 Å². The average Bonchev–Trinajstić information content (AvgIpc) is 2.20. The van der Waals surface area contributed by atoms with Crippen molar-refractivity contribution >= 4 is 11.5 Å². The van der Waals surface area contributed by atoms with Crippen molar-refractivity contribution in [1.29, 1.82) is 0 Å². The fourth-order valence-corrected chi connectivity index (χ4v) is 1.00. The van der Waals surface area contributed by atoms with Crippen molar-refractivity contribution in [1.82, 2.24) is 0 Å². The van der Waals surface area contributed by atoms with Crippen LogP contribution in [0.3, 0.4) is 0 Å². The zero-order chi connectivity index (χ0) is 11.0. The van der Waals surface area contributed by atoms with Crippen molar-refractivity contribution in [3.63, 3.8) is 0 Å². The Bertz CT molecular complexity index is 264. The highest BCUT2D eigenvalue weighted by molar-refractivity contribution is 5.75. The first-order chi connectivity index (χ1) is 6.68. The van der Waals surface area contributed by atoms with E-state index >= 15 is 0 Å². The first-order valence-corrected chi connectivity index (χ1v) is 5.02. The molecule has 0 heterocycles. The summed E-state index contributed by atoms with van der Waals surface area (Å²) in [7, 11) is 0. The Morgan fingerprint density at radius 3 is 2.14 bits per heavy atom. The largest absolute Gasteiger partial charge is 0.399 e. The maximum absolute atomic E-state index is 10.7. The second-order valence-corrected chi connectivity index (χ2v) is 2.94. The van der Waals surface area contributed by atoms with Gasteiger partial charge in [0.2, 0.25) is 0 Å². The Hall–Kier alpha value is -1.31. The number of ketones is 1. The van der Waals surface area contributed by atoms with E-state index in [9.17, 15) is 4.79 Å². The minimum atomic E-state index is 0.229.